The summed E-state index contributed by atoms with van der Waals surface area (Å²) in [5, 5.41) is 2.29. The van der Waals surface area contributed by atoms with Gasteiger partial charge in [0.15, 0.2) is 6.20 Å². The molecule has 218 valence electrons. The van der Waals surface area contributed by atoms with Crippen LogP contribution in [0.4, 0.5) is 0 Å². The molecule has 0 amide bonds. The van der Waals surface area contributed by atoms with Crippen LogP contribution >= 0.6 is 0 Å². The van der Waals surface area contributed by atoms with E-state index in [-0.39, 0.29) is 20.1 Å². The smallest absolute Gasteiger partial charge is 0.500 e. The van der Waals surface area contributed by atoms with E-state index in [2.05, 4.69) is 50.9 Å². The largest absolute Gasteiger partial charge is 3.00 e. The van der Waals surface area contributed by atoms with Gasteiger partial charge in [0.05, 0.1) is 5.58 Å². The first-order valence-electron chi connectivity index (χ1n) is 14.3. The summed E-state index contributed by atoms with van der Waals surface area (Å²) in [6.07, 6.45) is 5.61. The van der Waals surface area contributed by atoms with Crippen molar-refractivity contribution in [2.75, 3.05) is 0 Å². The van der Waals surface area contributed by atoms with Crippen LogP contribution in [-0.2, 0) is 27.2 Å². The zero-order valence-corrected chi connectivity index (χ0v) is 27.0. The molecule has 0 N–H and O–H groups in total. The summed E-state index contributed by atoms with van der Waals surface area (Å²) in [7, 11) is 2.03. The number of para-hydroxylation sites is 1. The molecule has 0 aliphatic rings. The van der Waals surface area contributed by atoms with Gasteiger partial charge < -0.3 is 14.4 Å². The summed E-state index contributed by atoms with van der Waals surface area (Å²) in [5.74, 6) is 0. The number of pyridine rings is 3. The fourth-order valence-electron chi connectivity index (χ4n) is 4.81. The number of hydrogen-bond donors (Lipinski definition) is 0. The fourth-order valence-corrected chi connectivity index (χ4v) is 4.81. The molecule has 4 heterocycles. The van der Waals surface area contributed by atoms with E-state index in [0.717, 1.165) is 55.7 Å². The van der Waals surface area contributed by atoms with Crippen LogP contribution < -0.4 is 4.57 Å². The molecule has 0 saturated heterocycles. The van der Waals surface area contributed by atoms with Gasteiger partial charge in [-0.15, -0.1) is 90.0 Å². The number of nitrogens with zero attached hydrogens (tertiary/aromatic N) is 3. The van der Waals surface area contributed by atoms with E-state index in [0.29, 0.717) is 0 Å². The van der Waals surface area contributed by atoms with Gasteiger partial charge in [0, 0.05) is 23.8 Å². The third kappa shape index (κ3) is 7.66. The van der Waals surface area contributed by atoms with Gasteiger partial charge >= 0.3 is 20.1 Å². The van der Waals surface area contributed by atoms with Crippen molar-refractivity contribution in [3.63, 3.8) is 0 Å². The van der Waals surface area contributed by atoms with Gasteiger partial charge in [-0.25, -0.2) is 4.57 Å². The van der Waals surface area contributed by atoms with E-state index in [1.54, 1.807) is 12.4 Å². The number of furan rings is 1. The number of benzene rings is 4. The molecular weight excluding hydrogens is 731 g/mol. The summed E-state index contributed by atoms with van der Waals surface area (Å²) in [6.45, 7) is 0. The van der Waals surface area contributed by atoms with Crippen LogP contribution in [0.1, 0.15) is 0 Å². The Labute approximate surface area is 277 Å². The van der Waals surface area contributed by atoms with Crippen molar-refractivity contribution in [3.05, 3.63) is 176 Å². The topological polar surface area (TPSA) is 42.8 Å². The van der Waals surface area contributed by atoms with Crippen LogP contribution in [0.3, 0.4) is 0 Å². The first-order chi connectivity index (χ1) is 21.8. The average molecular weight is 760 g/mol. The van der Waals surface area contributed by atoms with Gasteiger partial charge in [-0.2, -0.15) is 0 Å². The van der Waals surface area contributed by atoms with Gasteiger partial charge in [-0.3, -0.25) is 0 Å². The second-order valence-electron chi connectivity index (χ2n) is 9.87. The molecule has 0 saturated carbocycles. The van der Waals surface area contributed by atoms with Crippen LogP contribution in [0.2, 0.25) is 0 Å². The number of hydrogen-bond acceptors (Lipinski definition) is 3. The molecule has 0 radical (unpaired) electrons. The standard InChI is InChI=1S/C18H13NO.2C11H8N.Ir/c1-19-12-5-4-10-16(19)15-9-6-8-14-13-7-2-3-11-17(13)20-18(14)15;2*1-2-6-10(7-3-1)11-8-4-5-9-12-11;/h2-8,10-12H,1H3;2*1-6,8-9H;/q;2*-1;+3. The molecule has 5 heteroatoms. The molecule has 0 atom stereocenters. The van der Waals surface area contributed by atoms with E-state index in [4.69, 9.17) is 4.42 Å². The first kappa shape index (κ1) is 31.2. The summed E-state index contributed by atoms with van der Waals surface area (Å²) in [4.78, 5) is 8.44. The zero-order chi connectivity index (χ0) is 30.0. The van der Waals surface area contributed by atoms with Crippen molar-refractivity contribution in [1.82, 2.24) is 9.97 Å². The van der Waals surface area contributed by atoms with E-state index < -0.39 is 0 Å². The Morgan fingerprint density at radius 2 is 1.16 bits per heavy atom. The minimum atomic E-state index is 0. The quantitative estimate of drug-likeness (QED) is 0.134. The summed E-state index contributed by atoms with van der Waals surface area (Å²) >= 11 is 0. The van der Waals surface area contributed by atoms with Crippen molar-refractivity contribution < 1.29 is 29.1 Å². The van der Waals surface area contributed by atoms with Crippen LogP contribution in [-0.4, -0.2) is 9.97 Å². The van der Waals surface area contributed by atoms with E-state index in [9.17, 15) is 0 Å². The van der Waals surface area contributed by atoms with Crippen LogP contribution in [0.5, 0.6) is 0 Å². The van der Waals surface area contributed by atoms with Crippen LogP contribution in [0.15, 0.2) is 163 Å². The van der Waals surface area contributed by atoms with Crippen molar-refractivity contribution in [2.24, 2.45) is 7.05 Å². The molecule has 0 bridgehead atoms. The Morgan fingerprint density at radius 3 is 1.73 bits per heavy atom. The first-order valence-corrected chi connectivity index (χ1v) is 14.3. The maximum atomic E-state index is 6.05. The predicted molar refractivity (Wildman–Crippen MR) is 176 cm³/mol. The maximum absolute atomic E-state index is 6.05. The number of aromatic nitrogens is 3. The molecule has 0 aliphatic heterocycles. The minimum absolute atomic E-state index is 0. The zero-order valence-electron chi connectivity index (χ0n) is 24.6. The van der Waals surface area contributed by atoms with Gasteiger partial charge in [0.2, 0.25) is 0 Å². The second kappa shape index (κ2) is 15.5. The van der Waals surface area contributed by atoms with Crippen LogP contribution in [0.25, 0.3) is 55.7 Å². The Balaban J connectivity index is 0.000000139. The van der Waals surface area contributed by atoms with Crippen molar-refractivity contribution in [2.45, 2.75) is 0 Å². The Morgan fingerprint density at radius 1 is 0.556 bits per heavy atom. The van der Waals surface area contributed by atoms with Gasteiger partial charge in [0.1, 0.15) is 18.3 Å². The second-order valence-corrected chi connectivity index (χ2v) is 9.87. The predicted octanol–water partition coefficient (Wildman–Crippen LogP) is 8.97. The van der Waals surface area contributed by atoms with E-state index >= 15 is 0 Å². The van der Waals surface area contributed by atoms with Crippen molar-refractivity contribution in [3.8, 4) is 33.8 Å². The maximum Gasteiger partial charge on any atom is 3.00 e. The Hall–Kier alpha value is -5.22. The third-order valence-corrected chi connectivity index (χ3v) is 6.95. The van der Waals surface area contributed by atoms with Crippen molar-refractivity contribution in [1.29, 1.82) is 0 Å². The monoisotopic (exact) mass is 760 g/mol. The van der Waals surface area contributed by atoms with Gasteiger partial charge in [0.25, 0.3) is 0 Å². The molecule has 0 unspecified atom stereocenters. The molecule has 8 rings (SSSR count). The molecule has 4 aromatic carbocycles. The molecule has 8 aromatic rings. The summed E-state index contributed by atoms with van der Waals surface area (Å²) in [5.41, 5.74) is 7.93. The third-order valence-electron chi connectivity index (χ3n) is 6.95. The number of aryl methyl sites for hydroxylation is 1. The van der Waals surface area contributed by atoms with Gasteiger partial charge in [-0.1, -0.05) is 53.9 Å². The molecule has 45 heavy (non-hydrogen) atoms. The average Bonchev–Trinajstić information content (AvgIpc) is 3.50. The minimum Gasteiger partial charge on any atom is -0.500 e. The molecular formula is C40H29IrN3O+. The number of fused-ring (bicyclic) bond motifs is 3. The normalized spacial score (nSPS) is 10.2. The van der Waals surface area contributed by atoms with E-state index in [1.165, 1.54) is 0 Å². The van der Waals surface area contributed by atoms with Gasteiger partial charge in [-0.05, 0) is 41.2 Å². The molecule has 4 nitrogen and oxygen atoms in total. The van der Waals surface area contributed by atoms with Crippen molar-refractivity contribution >= 4 is 21.9 Å². The van der Waals surface area contributed by atoms with Crippen LogP contribution in [0, 0.1) is 18.2 Å². The molecule has 0 fully saturated rings. The SMILES string of the molecule is C[n+]1ccccc1-c1[c-]ccc2c1oc1ccccc12.[Ir+3].[c-]1ccccc1-c1ccccn1.[c-]1ccccc1-c1ccccn1. The Kier molecular flexibility index (Phi) is 10.7. The summed E-state index contributed by atoms with van der Waals surface area (Å²) < 4.78 is 8.13. The molecule has 0 spiro atoms. The Bertz CT molecular complexity index is 1910. The number of rotatable bonds is 3. The summed E-state index contributed by atoms with van der Waals surface area (Å²) in [6, 6.07) is 55.2. The fraction of sp³-hybridized carbons (Fsp3) is 0.0250. The molecule has 0 aliphatic carbocycles. The van der Waals surface area contributed by atoms with E-state index in [1.807, 2.05) is 135 Å². The molecule has 4 aromatic heterocycles.